The molecule has 0 saturated carbocycles. The van der Waals surface area contributed by atoms with Gasteiger partial charge >= 0.3 is 0 Å². The van der Waals surface area contributed by atoms with Crippen LogP contribution in [0.3, 0.4) is 0 Å². The second-order valence-corrected chi connectivity index (χ2v) is 7.30. The summed E-state index contributed by atoms with van der Waals surface area (Å²) in [5.74, 6) is 0.0312. The molecule has 0 saturated heterocycles. The zero-order chi connectivity index (χ0) is 22.0. The second kappa shape index (κ2) is 8.66. The van der Waals surface area contributed by atoms with Crippen LogP contribution in [0, 0.1) is 20.7 Å². The predicted octanol–water partition coefficient (Wildman–Crippen LogP) is 5.84. The molecule has 0 bridgehead atoms. The standard InChI is InChI=1S/C21H15ClFN5O2S/c22-18-12-15(8-11-19(18)23)24-13-26-21(31)25-20(27(26)16-4-2-1-3-5-16)14-6-9-17(10-7-14)28(29)30/h1-12,24H,13H2. The number of hydrogen-bond acceptors (Lipinski definition) is 5. The molecule has 3 aromatic carbocycles. The molecule has 0 aliphatic rings. The summed E-state index contributed by atoms with van der Waals surface area (Å²) >= 11 is 11.4. The minimum atomic E-state index is -0.501. The van der Waals surface area contributed by atoms with Crippen LogP contribution >= 0.6 is 23.8 Å². The molecule has 1 N–H and O–H groups in total. The Hall–Kier alpha value is -3.56. The number of nitro benzene ring substituents is 1. The van der Waals surface area contributed by atoms with Crippen molar-refractivity contribution in [2.24, 2.45) is 0 Å². The van der Waals surface area contributed by atoms with Gasteiger partial charge in [0.15, 0.2) is 5.82 Å². The van der Waals surface area contributed by atoms with Gasteiger partial charge in [-0.15, -0.1) is 0 Å². The summed E-state index contributed by atoms with van der Waals surface area (Å²) in [7, 11) is 0. The molecule has 10 heteroatoms. The molecule has 0 spiro atoms. The first kappa shape index (κ1) is 20.7. The number of hydrogen-bond donors (Lipinski definition) is 1. The number of aromatic nitrogens is 3. The van der Waals surface area contributed by atoms with Crippen molar-refractivity contribution >= 4 is 35.2 Å². The molecule has 0 fully saturated rings. The highest BCUT2D eigenvalue weighted by molar-refractivity contribution is 7.71. The van der Waals surface area contributed by atoms with Gasteiger partial charge < -0.3 is 5.32 Å². The summed E-state index contributed by atoms with van der Waals surface area (Å²) in [6.07, 6.45) is 0. The summed E-state index contributed by atoms with van der Waals surface area (Å²) in [6, 6.07) is 19.9. The lowest BCUT2D eigenvalue weighted by atomic mass is 10.2. The van der Waals surface area contributed by atoms with Crippen molar-refractivity contribution < 1.29 is 9.31 Å². The van der Waals surface area contributed by atoms with Gasteiger partial charge in [0.05, 0.1) is 15.6 Å². The van der Waals surface area contributed by atoms with Crippen molar-refractivity contribution in [2.45, 2.75) is 6.67 Å². The monoisotopic (exact) mass is 455 g/mol. The van der Waals surface area contributed by atoms with Gasteiger partial charge in [-0.1, -0.05) is 29.8 Å². The van der Waals surface area contributed by atoms with Crippen LogP contribution < -0.4 is 5.32 Å². The summed E-state index contributed by atoms with van der Waals surface area (Å²) < 4.78 is 17.3. The maximum atomic E-state index is 13.4. The van der Waals surface area contributed by atoms with E-state index in [4.69, 9.17) is 23.8 Å². The van der Waals surface area contributed by atoms with Crippen molar-refractivity contribution in [3.05, 3.63) is 98.5 Å². The van der Waals surface area contributed by atoms with E-state index in [1.807, 2.05) is 35.0 Å². The van der Waals surface area contributed by atoms with Crippen LogP contribution in [0.2, 0.25) is 5.02 Å². The highest BCUT2D eigenvalue weighted by Crippen LogP contribution is 2.25. The van der Waals surface area contributed by atoms with Crippen LogP contribution in [-0.4, -0.2) is 19.3 Å². The quantitative estimate of drug-likeness (QED) is 0.224. The van der Waals surface area contributed by atoms with Gasteiger partial charge in [0.2, 0.25) is 4.77 Å². The van der Waals surface area contributed by atoms with Crippen molar-refractivity contribution in [3.63, 3.8) is 0 Å². The lowest BCUT2D eigenvalue weighted by molar-refractivity contribution is -0.384. The van der Waals surface area contributed by atoms with E-state index >= 15 is 0 Å². The zero-order valence-corrected chi connectivity index (χ0v) is 17.5. The maximum Gasteiger partial charge on any atom is 0.269 e. The minimum absolute atomic E-state index is 0.0109. The Morgan fingerprint density at radius 2 is 1.81 bits per heavy atom. The number of rotatable bonds is 6. The molecule has 0 aliphatic heterocycles. The number of anilines is 1. The Morgan fingerprint density at radius 1 is 1.10 bits per heavy atom. The molecule has 0 amide bonds. The number of nitro groups is 1. The van der Waals surface area contributed by atoms with Crippen molar-refractivity contribution in [3.8, 4) is 17.1 Å². The summed E-state index contributed by atoms with van der Waals surface area (Å²) in [6.45, 7) is 0.232. The van der Waals surface area contributed by atoms with Crippen LogP contribution in [0.4, 0.5) is 15.8 Å². The first-order valence-corrected chi connectivity index (χ1v) is 9.91. The fourth-order valence-corrected chi connectivity index (χ4v) is 3.47. The van der Waals surface area contributed by atoms with Gasteiger partial charge in [0, 0.05) is 23.4 Å². The van der Waals surface area contributed by atoms with E-state index in [1.54, 1.807) is 22.9 Å². The zero-order valence-electron chi connectivity index (χ0n) is 15.9. The van der Waals surface area contributed by atoms with Gasteiger partial charge in [-0.2, -0.15) is 4.98 Å². The van der Waals surface area contributed by atoms with E-state index in [-0.39, 0.29) is 17.4 Å². The molecule has 156 valence electrons. The van der Waals surface area contributed by atoms with Gasteiger partial charge in [-0.25, -0.2) is 13.8 Å². The van der Waals surface area contributed by atoms with Crippen LogP contribution in [0.25, 0.3) is 17.1 Å². The van der Waals surface area contributed by atoms with E-state index in [2.05, 4.69) is 10.3 Å². The lowest BCUT2D eigenvalue weighted by Gasteiger charge is -2.15. The van der Waals surface area contributed by atoms with Crippen LogP contribution in [0.15, 0.2) is 72.8 Å². The molecular weight excluding hydrogens is 441 g/mol. The van der Waals surface area contributed by atoms with Crippen LogP contribution in [0.1, 0.15) is 0 Å². The smallest absolute Gasteiger partial charge is 0.269 e. The summed E-state index contributed by atoms with van der Waals surface area (Å²) in [4.78, 5) is 15.0. The molecule has 31 heavy (non-hydrogen) atoms. The Kier molecular flexibility index (Phi) is 5.79. The third-order valence-electron chi connectivity index (χ3n) is 4.55. The minimum Gasteiger partial charge on any atom is -0.366 e. The molecule has 0 atom stereocenters. The fraction of sp³-hybridized carbons (Fsp3) is 0.0476. The molecule has 0 radical (unpaired) electrons. The van der Waals surface area contributed by atoms with Gasteiger partial charge in [-0.05, 0) is 54.7 Å². The van der Waals surface area contributed by atoms with E-state index in [1.165, 1.54) is 24.3 Å². The Bertz CT molecular complexity index is 1310. The third kappa shape index (κ3) is 4.32. The Balaban J connectivity index is 1.77. The SMILES string of the molecule is O=[N+]([O-])c1ccc(-c2nc(=S)n(CNc3ccc(F)c(Cl)c3)n2-c2ccccc2)cc1. The molecule has 1 aromatic heterocycles. The van der Waals surface area contributed by atoms with E-state index in [9.17, 15) is 14.5 Å². The maximum absolute atomic E-state index is 13.4. The van der Waals surface area contributed by atoms with Crippen LogP contribution in [0.5, 0.6) is 0 Å². The number of nitrogens with one attached hydrogen (secondary N) is 1. The summed E-state index contributed by atoms with van der Waals surface area (Å²) in [5, 5.41) is 14.2. The lowest BCUT2D eigenvalue weighted by Crippen LogP contribution is -2.17. The first-order valence-electron chi connectivity index (χ1n) is 9.13. The Labute approximate surface area is 186 Å². The molecule has 4 rings (SSSR count). The predicted molar refractivity (Wildman–Crippen MR) is 120 cm³/mol. The van der Waals surface area contributed by atoms with E-state index < -0.39 is 10.7 Å². The molecular formula is C21H15ClFN5O2S. The van der Waals surface area contributed by atoms with E-state index in [0.29, 0.717) is 21.8 Å². The van der Waals surface area contributed by atoms with E-state index in [0.717, 1.165) is 5.69 Å². The van der Waals surface area contributed by atoms with Gasteiger partial charge in [0.1, 0.15) is 12.5 Å². The molecule has 0 unspecified atom stereocenters. The fourth-order valence-electron chi connectivity index (χ4n) is 3.06. The highest BCUT2D eigenvalue weighted by atomic mass is 35.5. The number of non-ortho nitro benzene ring substituents is 1. The third-order valence-corrected chi connectivity index (χ3v) is 5.15. The second-order valence-electron chi connectivity index (χ2n) is 6.53. The first-order chi connectivity index (χ1) is 14.9. The molecule has 7 nitrogen and oxygen atoms in total. The average molecular weight is 456 g/mol. The molecule has 1 heterocycles. The molecule has 0 aliphatic carbocycles. The number of benzene rings is 3. The average Bonchev–Trinajstić information content (AvgIpc) is 3.11. The van der Waals surface area contributed by atoms with Gasteiger partial charge in [-0.3, -0.25) is 10.1 Å². The van der Waals surface area contributed by atoms with Crippen molar-refractivity contribution in [2.75, 3.05) is 5.32 Å². The van der Waals surface area contributed by atoms with Crippen LogP contribution in [-0.2, 0) is 6.67 Å². The summed E-state index contributed by atoms with van der Waals surface area (Å²) in [5.41, 5.74) is 2.08. The van der Waals surface area contributed by atoms with Gasteiger partial charge in [0.25, 0.3) is 5.69 Å². The molecule has 4 aromatic rings. The largest absolute Gasteiger partial charge is 0.366 e. The topological polar surface area (TPSA) is 77.9 Å². The van der Waals surface area contributed by atoms with Crippen molar-refractivity contribution in [1.29, 1.82) is 0 Å². The number of halogens is 2. The van der Waals surface area contributed by atoms with Crippen molar-refractivity contribution in [1.82, 2.24) is 14.3 Å². The number of para-hydroxylation sites is 1. The Morgan fingerprint density at radius 3 is 2.45 bits per heavy atom. The number of nitrogens with zero attached hydrogens (tertiary/aromatic N) is 4. The highest BCUT2D eigenvalue weighted by Gasteiger charge is 2.16. The normalized spacial score (nSPS) is 10.8.